The molecule has 0 saturated carbocycles. The predicted molar refractivity (Wildman–Crippen MR) is 141 cm³/mol. The van der Waals surface area contributed by atoms with Crippen molar-refractivity contribution in [2.45, 2.75) is 19.5 Å². The first-order valence-electron chi connectivity index (χ1n) is 11.0. The molecule has 198 valence electrons. The Morgan fingerprint density at radius 3 is 2.65 bits per heavy atom. The maximum Gasteiger partial charge on any atom is 0.416 e. The molecule has 37 heavy (non-hydrogen) atoms. The Morgan fingerprint density at radius 1 is 1.32 bits per heavy atom. The van der Waals surface area contributed by atoms with Gasteiger partial charge in [-0.05, 0) is 62.0 Å². The first-order valence-corrected chi connectivity index (χ1v) is 11.4. The van der Waals surface area contributed by atoms with E-state index in [0.717, 1.165) is 41.8 Å². The lowest BCUT2D eigenvalue weighted by Crippen LogP contribution is -2.23. The van der Waals surface area contributed by atoms with Crippen LogP contribution in [0, 0.1) is 5.82 Å². The van der Waals surface area contributed by atoms with Crippen LogP contribution in [0.2, 0.25) is 5.02 Å². The van der Waals surface area contributed by atoms with E-state index in [1.807, 2.05) is 19.1 Å². The first-order chi connectivity index (χ1) is 17.6. The van der Waals surface area contributed by atoms with E-state index in [2.05, 4.69) is 22.0 Å². The van der Waals surface area contributed by atoms with Gasteiger partial charge in [0, 0.05) is 50.0 Å². The number of hydrogen-bond donors (Lipinski definition) is 2. The molecule has 12 heteroatoms. The molecule has 0 bridgehead atoms. The van der Waals surface area contributed by atoms with Gasteiger partial charge in [-0.1, -0.05) is 11.6 Å². The molecule has 0 spiro atoms. The highest BCUT2D eigenvalue weighted by Crippen LogP contribution is 2.37. The molecule has 0 unspecified atom stereocenters. The van der Waals surface area contributed by atoms with E-state index >= 15 is 0 Å². The summed E-state index contributed by atoms with van der Waals surface area (Å²) >= 11 is 6.50. The average Bonchev–Trinajstić information content (AvgIpc) is 3.31. The molecule has 2 aromatic carbocycles. The predicted octanol–water partition coefficient (Wildman–Crippen LogP) is 5.52. The highest BCUT2D eigenvalue weighted by atomic mass is 35.5. The Kier molecular flexibility index (Phi) is 10.8. The lowest BCUT2D eigenvalue weighted by atomic mass is 10.1. The number of nitrogens with one attached hydrogen (secondary N) is 1. The number of nitrogens with zero attached hydrogens (tertiary/aromatic N) is 4. The molecular weight excluding hydrogens is 512 g/mol. The Labute approximate surface area is 217 Å². The van der Waals surface area contributed by atoms with Crippen molar-refractivity contribution in [3.05, 3.63) is 76.3 Å². The number of alkyl halides is 3. The lowest BCUT2D eigenvalue weighted by molar-refractivity contribution is -0.137. The number of rotatable bonds is 8. The van der Waals surface area contributed by atoms with Crippen molar-refractivity contribution in [3.8, 4) is 0 Å². The van der Waals surface area contributed by atoms with E-state index in [1.54, 1.807) is 29.6 Å². The summed E-state index contributed by atoms with van der Waals surface area (Å²) in [6.45, 7) is 6.87. The van der Waals surface area contributed by atoms with Gasteiger partial charge in [-0.3, -0.25) is 14.8 Å². The van der Waals surface area contributed by atoms with Crippen LogP contribution in [0.3, 0.4) is 0 Å². The number of hydrogen-bond acceptors (Lipinski definition) is 6. The standard InChI is InChI=1S/C17H20ClN5O.C8H7F4N/c1-3-23(19)11-9-21-8-6-15(20-2)13-4-5-16-14(17(13)18)7-10-22(16)12-24;1-13-7-4-5(8(10,11)12)2-3-6(7)9/h4-6,8-9,11-12H,2-3,7,10,19H2,1H3;2-4,13H,1H3/b11-9-,15-6+,21-8-;. The number of benzene rings is 2. The Hall–Kier alpha value is -3.70. The average molecular weight is 539 g/mol. The van der Waals surface area contributed by atoms with Crippen LogP contribution < -0.4 is 16.1 Å². The topological polar surface area (TPSA) is 86.3 Å². The third-order valence-corrected chi connectivity index (χ3v) is 5.73. The minimum atomic E-state index is -4.43. The fourth-order valence-corrected chi connectivity index (χ4v) is 3.64. The molecule has 3 N–H and O–H groups in total. The number of amides is 1. The minimum Gasteiger partial charge on any atom is -0.386 e. The summed E-state index contributed by atoms with van der Waals surface area (Å²) in [5.74, 6) is 4.91. The molecule has 3 rings (SSSR count). The van der Waals surface area contributed by atoms with E-state index in [4.69, 9.17) is 17.4 Å². The van der Waals surface area contributed by atoms with E-state index in [9.17, 15) is 22.4 Å². The van der Waals surface area contributed by atoms with E-state index in [-0.39, 0.29) is 5.69 Å². The number of halogens is 5. The molecular formula is C25H27ClF4N6O. The third-order valence-electron chi connectivity index (χ3n) is 5.30. The number of aliphatic imine (C=N–C) groups is 2. The zero-order valence-electron chi connectivity index (χ0n) is 20.3. The monoisotopic (exact) mass is 538 g/mol. The first kappa shape index (κ1) is 29.5. The Balaban J connectivity index is 0.000000312. The lowest BCUT2D eigenvalue weighted by Gasteiger charge is -2.12. The van der Waals surface area contributed by atoms with Gasteiger partial charge in [0.05, 0.1) is 22.0 Å². The molecule has 1 amide bonds. The van der Waals surface area contributed by atoms with Crippen molar-refractivity contribution in [1.29, 1.82) is 0 Å². The van der Waals surface area contributed by atoms with Gasteiger partial charge in [0.1, 0.15) is 5.82 Å². The molecule has 0 aliphatic carbocycles. The highest BCUT2D eigenvalue weighted by Gasteiger charge is 2.31. The summed E-state index contributed by atoms with van der Waals surface area (Å²) in [5.41, 5.74) is 2.16. The fourth-order valence-electron chi connectivity index (χ4n) is 3.29. The summed E-state index contributed by atoms with van der Waals surface area (Å²) in [6.07, 6.45) is 3.70. The molecule has 0 atom stereocenters. The Morgan fingerprint density at radius 2 is 2.05 bits per heavy atom. The maximum absolute atomic E-state index is 12.7. The smallest absolute Gasteiger partial charge is 0.386 e. The molecule has 2 aromatic rings. The number of carbonyl (C=O) groups is 1. The number of fused-ring (bicyclic) bond motifs is 1. The zero-order valence-corrected chi connectivity index (χ0v) is 21.0. The fraction of sp³-hybridized carbons (Fsp3) is 0.240. The van der Waals surface area contributed by atoms with Gasteiger partial charge in [-0.15, -0.1) is 0 Å². The van der Waals surface area contributed by atoms with Crippen LogP contribution in [-0.2, 0) is 17.4 Å². The van der Waals surface area contributed by atoms with Crippen molar-refractivity contribution in [2.75, 3.05) is 30.4 Å². The summed E-state index contributed by atoms with van der Waals surface area (Å²) in [6, 6.07) is 5.94. The molecule has 1 aliphatic heterocycles. The van der Waals surface area contributed by atoms with Crippen molar-refractivity contribution >= 4 is 48.0 Å². The molecule has 0 fully saturated rings. The number of carbonyl (C=O) groups excluding carboxylic acids is 1. The van der Waals surface area contributed by atoms with Crippen molar-refractivity contribution in [3.63, 3.8) is 0 Å². The second kappa shape index (κ2) is 13.6. The van der Waals surface area contributed by atoms with Gasteiger partial charge in [-0.2, -0.15) is 13.2 Å². The number of anilines is 2. The molecule has 1 aliphatic rings. The second-order valence-corrected chi connectivity index (χ2v) is 7.93. The molecule has 0 radical (unpaired) electrons. The largest absolute Gasteiger partial charge is 0.416 e. The molecule has 7 nitrogen and oxygen atoms in total. The number of allylic oxidation sites excluding steroid dienone is 1. The van der Waals surface area contributed by atoms with E-state index < -0.39 is 17.6 Å². The SMILES string of the molecule is C=N/C(=C/C=N\C=C/N(N)CC)c1ccc2c(c1Cl)CCN2C=O.CNc1cc(C(F)(F)F)ccc1F. The molecule has 0 saturated heterocycles. The Bertz CT molecular complexity index is 1200. The van der Waals surface area contributed by atoms with Gasteiger partial charge in [0.15, 0.2) is 0 Å². The van der Waals surface area contributed by atoms with Gasteiger partial charge >= 0.3 is 6.18 Å². The van der Waals surface area contributed by atoms with E-state index in [1.165, 1.54) is 12.1 Å². The van der Waals surface area contributed by atoms with E-state index in [0.29, 0.717) is 29.9 Å². The minimum absolute atomic E-state index is 0.158. The van der Waals surface area contributed by atoms with Crippen LogP contribution in [0.5, 0.6) is 0 Å². The van der Waals surface area contributed by atoms with Gasteiger partial charge in [-0.25, -0.2) is 10.2 Å². The molecule has 0 aromatic heterocycles. The number of nitrogens with two attached hydrogens (primary N) is 1. The van der Waals surface area contributed by atoms with Crippen molar-refractivity contribution < 1.29 is 22.4 Å². The zero-order chi connectivity index (χ0) is 27.6. The van der Waals surface area contributed by atoms with Crippen LogP contribution in [0.1, 0.15) is 23.6 Å². The van der Waals surface area contributed by atoms with Gasteiger partial charge < -0.3 is 15.2 Å². The third kappa shape index (κ3) is 7.89. The van der Waals surface area contributed by atoms with Gasteiger partial charge in [0.2, 0.25) is 6.41 Å². The van der Waals surface area contributed by atoms with Crippen LogP contribution in [-0.4, -0.2) is 44.5 Å². The van der Waals surface area contributed by atoms with Crippen molar-refractivity contribution in [1.82, 2.24) is 5.01 Å². The summed E-state index contributed by atoms with van der Waals surface area (Å²) in [5, 5.41) is 4.45. The maximum atomic E-state index is 12.7. The molecule has 1 heterocycles. The summed E-state index contributed by atoms with van der Waals surface area (Å²) in [7, 11) is 1.36. The summed E-state index contributed by atoms with van der Waals surface area (Å²) < 4.78 is 49.0. The van der Waals surface area contributed by atoms with Crippen molar-refractivity contribution in [2.24, 2.45) is 15.8 Å². The van der Waals surface area contributed by atoms with Crippen LogP contribution in [0.15, 0.2) is 58.8 Å². The van der Waals surface area contributed by atoms with Crippen LogP contribution >= 0.6 is 11.6 Å². The second-order valence-electron chi connectivity index (χ2n) is 7.55. The van der Waals surface area contributed by atoms with Crippen LogP contribution in [0.4, 0.5) is 28.9 Å². The quantitative estimate of drug-likeness (QED) is 0.152. The van der Waals surface area contributed by atoms with Gasteiger partial charge in [0.25, 0.3) is 0 Å². The van der Waals surface area contributed by atoms with Crippen LogP contribution in [0.25, 0.3) is 5.70 Å². The number of hydrazine groups is 1. The highest BCUT2D eigenvalue weighted by molar-refractivity contribution is 6.33. The summed E-state index contributed by atoms with van der Waals surface area (Å²) in [4.78, 5) is 20.8. The normalized spacial score (nSPS) is 13.4.